The van der Waals surface area contributed by atoms with E-state index in [4.69, 9.17) is 4.74 Å². The zero-order chi connectivity index (χ0) is 12.9. The van der Waals surface area contributed by atoms with Crippen LogP contribution >= 0.6 is 0 Å². The molecule has 0 spiro atoms. The maximum absolute atomic E-state index is 11.4. The van der Waals surface area contributed by atoms with Crippen molar-refractivity contribution in [2.24, 2.45) is 5.92 Å². The number of hydrogen-bond acceptors (Lipinski definition) is 2. The monoisotopic (exact) mass is 235 g/mol. The van der Waals surface area contributed by atoms with Gasteiger partial charge in [0.25, 0.3) is 0 Å². The Morgan fingerprint density at radius 3 is 2.76 bits per heavy atom. The summed E-state index contributed by atoms with van der Waals surface area (Å²) in [5.74, 6) is 0.435. The van der Waals surface area contributed by atoms with Crippen molar-refractivity contribution < 1.29 is 9.53 Å². The molecule has 3 heteroatoms. The summed E-state index contributed by atoms with van der Waals surface area (Å²) in [6, 6.07) is 0. The Hall–Kier alpha value is -1.51. The van der Waals surface area contributed by atoms with Crippen molar-refractivity contribution in [3.63, 3.8) is 0 Å². The van der Waals surface area contributed by atoms with E-state index in [9.17, 15) is 4.79 Å². The highest BCUT2D eigenvalue weighted by Crippen LogP contribution is 2.10. The molecule has 94 valence electrons. The maximum Gasteiger partial charge on any atom is 0.407 e. The molecule has 1 N–H and O–H groups in total. The van der Waals surface area contributed by atoms with Gasteiger partial charge in [0.1, 0.15) is 5.60 Å². The summed E-state index contributed by atoms with van der Waals surface area (Å²) in [6.07, 6.45) is 9.87. The number of nitrogens with one attached hydrogen (secondary N) is 1. The van der Waals surface area contributed by atoms with Gasteiger partial charge in [-0.15, -0.1) is 0 Å². The van der Waals surface area contributed by atoms with E-state index in [1.54, 1.807) is 0 Å². The number of rotatable bonds is 2. The average Bonchev–Trinajstić information content (AvgIpc) is 2.37. The van der Waals surface area contributed by atoms with Crippen molar-refractivity contribution in [3.05, 3.63) is 36.0 Å². The molecule has 0 radical (unpaired) electrons. The van der Waals surface area contributed by atoms with Crippen LogP contribution in [0.1, 0.15) is 27.7 Å². The number of allylic oxidation sites excluding steroid dienone is 4. The van der Waals surface area contributed by atoms with E-state index < -0.39 is 5.60 Å². The first-order chi connectivity index (χ1) is 7.87. The standard InChI is InChI=1S/C14H21NO2/c1-11-6-5-7-12(9-8-11)10-15-13(16)17-14(2,3)4/h5-9,11H,10H2,1-4H3,(H,15,16). The maximum atomic E-state index is 11.4. The third kappa shape index (κ3) is 5.95. The number of amides is 1. The van der Waals surface area contributed by atoms with Crippen molar-refractivity contribution >= 4 is 6.09 Å². The highest BCUT2D eigenvalue weighted by molar-refractivity contribution is 5.68. The predicted molar refractivity (Wildman–Crippen MR) is 69.8 cm³/mol. The molecule has 3 nitrogen and oxygen atoms in total. The highest BCUT2D eigenvalue weighted by atomic mass is 16.6. The first-order valence-electron chi connectivity index (χ1n) is 5.89. The van der Waals surface area contributed by atoms with Crippen molar-refractivity contribution in [1.82, 2.24) is 5.32 Å². The second-order valence-corrected chi connectivity index (χ2v) is 5.20. The van der Waals surface area contributed by atoms with Gasteiger partial charge in [0, 0.05) is 6.54 Å². The zero-order valence-electron chi connectivity index (χ0n) is 11.0. The zero-order valence-corrected chi connectivity index (χ0v) is 11.0. The Kier molecular flexibility index (Phi) is 4.55. The predicted octanol–water partition coefficient (Wildman–Crippen LogP) is 3.20. The molecule has 0 fully saturated rings. The minimum atomic E-state index is -0.452. The van der Waals surface area contributed by atoms with E-state index in [-0.39, 0.29) is 6.09 Å². The van der Waals surface area contributed by atoms with Gasteiger partial charge in [0.15, 0.2) is 0 Å². The summed E-state index contributed by atoms with van der Waals surface area (Å²) >= 11 is 0. The van der Waals surface area contributed by atoms with Gasteiger partial charge in [-0.05, 0) is 32.3 Å². The third-order valence-electron chi connectivity index (χ3n) is 2.17. The molecule has 17 heavy (non-hydrogen) atoms. The lowest BCUT2D eigenvalue weighted by Gasteiger charge is -2.19. The molecule has 1 amide bonds. The van der Waals surface area contributed by atoms with Gasteiger partial charge in [0.2, 0.25) is 0 Å². The van der Waals surface area contributed by atoms with Gasteiger partial charge in [0.05, 0.1) is 0 Å². The van der Waals surface area contributed by atoms with Crippen LogP contribution in [0.5, 0.6) is 0 Å². The smallest absolute Gasteiger partial charge is 0.407 e. The van der Waals surface area contributed by atoms with Crippen molar-refractivity contribution in [2.75, 3.05) is 6.54 Å². The van der Waals surface area contributed by atoms with E-state index in [2.05, 4.69) is 24.4 Å². The molecule has 1 unspecified atom stereocenters. The summed E-state index contributed by atoms with van der Waals surface area (Å²) in [5.41, 5.74) is 0.614. The molecule has 0 bridgehead atoms. The van der Waals surface area contributed by atoms with Crippen LogP contribution in [0.4, 0.5) is 4.79 Å². The quantitative estimate of drug-likeness (QED) is 0.798. The summed E-state index contributed by atoms with van der Waals surface area (Å²) in [6.45, 7) is 8.15. The molecule has 0 aromatic rings. The van der Waals surface area contributed by atoms with Crippen molar-refractivity contribution in [3.8, 4) is 0 Å². The first kappa shape index (κ1) is 13.6. The Balaban J connectivity index is 2.41. The number of hydrogen-bond donors (Lipinski definition) is 1. The van der Waals surface area contributed by atoms with Gasteiger partial charge in [-0.3, -0.25) is 0 Å². The molecule has 0 saturated heterocycles. The second kappa shape index (κ2) is 5.71. The van der Waals surface area contributed by atoms with Gasteiger partial charge in [-0.2, -0.15) is 0 Å². The molecule has 0 saturated carbocycles. The van der Waals surface area contributed by atoms with Gasteiger partial charge < -0.3 is 10.1 Å². The summed E-state index contributed by atoms with van der Waals surface area (Å²) in [7, 11) is 0. The van der Waals surface area contributed by atoms with Crippen molar-refractivity contribution in [2.45, 2.75) is 33.3 Å². The highest BCUT2D eigenvalue weighted by Gasteiger charge is 2.15. The molecule has 1 aliphatic rings. The average molecular weight is 235 g/mol. The van der Waals surface area contributed by atoms with Crippen LogP contribution in [0.15, 0.2) is 36.0 Å². The fraction of sp³-hybridized carbons (Fsp3) is 0.500. The van der Waals surface area contributed by atoms with Crippen LogP contribution in [0.25, 0.3) is 0 Å². The van der Waals surface area contributed by atoms with Crippen LogP contribution < -0.4 is 5.32 Å². The second-order valence-electron chi connectivity index (χ2n) is 5.20. The molecule has 0 aromatic carbocycles. The van der Waals surface area contributed by atoms with E-state index in [0.717, 1.165) is 5.57 Å². The fourth-order valence-electron chi connectivity index (χ4n) is 1.36. The van der Waals surface area contributed by atoms with Crippen molar-refractivity contribution in [1.29, 1.82) is 0 Å². The van der Waals surface area contributed by atoms with Crippen LogP contribution in [-0.4, -0.2) is 18.2 Å². The minimum absolute atomic E-state index is 0.381. The number of carbonyl (C=O) groups excluding carboxylic acids is 1. The Morgan fingerprint density at radius 1 is 1.41 bits per heavy atom. The third-order valence-corrected chi connectivity index (χ3v) is 2.17. The SMILES string of the molecule is CC1C=CC=C(CNC(=O)OC(C)(C)C)C=C1. The lowest BCUT2D eigenvalue weighted by atomic mass is 10.1. The fourth-order valence-corrected chi connectivity index (χ4v) is 1.36. The molecule has 1 aliphatic carbocycles. The molecule has 0 aliphatic heterocycles. The minimum Gasteiger partial charge on any atom is -0.444 e. The lowest BCUT2D eigenvalue weighted by Crippen LogP contribution is -2.33. The molecular weight excluding hydrogens is 214 g/mol. The Bertz CT molecular complexity index is 359. The van der Waals surface area contributed by atoms with Crippen LogP contribution in [0.3, 0.4) is 0 Å². The van der Waals surface area contributed by atoms with Crippen LogP contribution in [-0.2, 0) is 4.74 Å². The van der Waals surface area contributed by atoms with E-state index in [0.29, 0.717) is 12.5 Å². The van der Waals surface area contributed by atoms with Gasteiger partial charge in [-0.1, -0.05) is 37.3 Å². The largest absolute Gasteiger partial charge is 0.444 e. The van der Waals surface area contributed by atoms with Crippen LogP contribution in [0.2, 0.25) is 0 Å². The first-order valence-corrected chi connectivity index (χ1v) is 5.89. The topological polar surface area (TPSA) is 38.3 Å². The number of carbonyl (C=O) groups is 1. The summed E-state index contributed by atoms with van der Waals surface area (Å²) < 4.78 is 5.16. The van der Waals surface area contributed by atoms with E-state index >= 15 is 0 Å². The Labute approximate surface area is 103 Å². The number of ether oxygens (including phenoxy) is 1. The molecule has 0 heterocycles. The molecule has 1 atom stereocenters. The van der Waals surface area contributed by atoms with Gasteiger partial charge >= 0.3 is 6.09 Å². The Morgan fingerprint density at radius 2 is 2.12 bits per heavy atom. The number of alkyl carbamates (subject to hydrolysis) is 1. The van der Waals surface area contributed by atoms with Crippen LogP contribution in [0, 0.1) is 5.92 Å². The lowest BCUT2D eigenvalue weighted by molar-refractivity contribution is 0.0533. The summed E-state index contributed by atoms with van der Waals surface area (Å²) in [4.78, 5) is 11.4. The molecular formula is C14H21NO2. The van der Waals surface area contributed by atoms with Gasteiger partial charge in [-0.25, -0.2) is 4.79 Å². The molecule has 1 rings (SSSR count). The normalized spacial score (nSPS) is 19.5. The van der Waals surface area contributed by atoms with E-state index in [1.165, 1.54) is 0 Å². The summed E-state index contributed by atoms with van der Waals surface area (Å²) in [5, 5.41) is 2.74. The van der Waals surface area contributed by atoms with E-state index in [1.807, 2.05) is 39.0 Å². The molecule has 0 aromatic heterocycles.